The van der Waals surface area contributed by atoms with Gasteiger partial charge < -0.3 is 10.2 Å². The Morgan fingerprint density at radius 3 is 2.60 bits per heavy atom. The van der Waals surface area contributed by atoms with Crippen molar-refractivity contribution in [1.29, 1.82) is 0 Å². The molecule has 3 rings (SSSR count). The number of carbonyl (C=O) groups is 1. The van der Waals surface area contributed by atoms with Gasteiger partial charge in [0.25, 0.3) is 0 Å². The molecule has 0 aliphatic heterocycles. The van der Waals surface area contributed by atoms with E-state index < -0.39 is 0 Å². The van der Waals surface area contributed by atoms with Crippen LogP contribution < -0.4 is 10.2 Å². The summed E-state index contributed by atoms with van der Waals surface area (Å²) in [5, 5.41) is 5.35. The molecular weight excluding hydrogens is 330 g/mol. The Bertz CT molecular complexity index is 862. The number of carbonyl (C=O) groups excluding carboxylic acids is 1. The summed E-state index contributed by atoms with van der Waals surface area (Å²) in [5.41, 5.74) is 0.995. The Hall–Kier alpha value is -2.53. The van der Waals surface area contributed by atoms with Crippen LogP contribution in [0.15, 0.2) is 65.7 Å². The monoisotopic (exact) mass is 351 g/mol. The van der Waals surface area contributed by atoms with E-state index in [1.54, 1.807) is 18.0 Å². The summed E-state index contributed by atoms with van der Waals surface area (Å²) in [5.74, 6) is 1.33. The third kappa shape index (κ3) is 4.73. The van der Waals surface area contributed by atoms with Crippen molar-refractivity contribution in [2.45, 2.75) is 11.4 Å². The normalized spacial score (nSPS) is 10.6. The number of aromatic nitrogens is 1. The third-order valence-electron chi connectivity index (χ3n) is 3.85. The van der Waals surface area contributed by atoms with E-state index in [1.165, 1.54) is 10.8 Å². The van der Waals surface area contributed by atoms with E-state index in [-0.39, 0.29) is 5.91 Å². The third-order valence-corrected chi connectivity index (χ3v) is 4.84. The number of hydrogen-bond acceptors (Lipinski definition) is 4. The number of fused-ring (bicyclic) bond motifs is 1. The smallest absolute Gasteiger partial charge is 0.230 e. The molecule has 0 saturated heterocycles. The van der Waals surface area contributed by atoms with E-state index >= 15 is 0 Å². The van der Waals surface area contributed by atoms with Crippen LogP contribution in [0.1, 0.15) is 5.56 Å². The lowest BCUT2D eigenvalue weighted by atomic mass is 10.1. The fourth-order valence-corrected chi connectivity index (χ4v) is 3.22. The number of anilines is 1. The first-order valence-electron chi connectivity index (χ1n) is 8.12. The lowest BCUT2D eigenvalue weighted by Crippen LogP contribution is -2.24. The van der Waals surface area contributed by atoms with Gasteiger partial charge in [-0.3, -0.25) is 4.79 Å². The minimum absolute atomic E-state index is 0.0230. The van der Waals surface area contributed by atoms with E-state index in [0.29, 0.717) is 12.3 Å². The van der Waals surface area contributed by atoms with Crippen LogP contribution in [0.3, 0.4) is 0 Å². The summed E-state index contributed by atoms with van der Waals surface area (Å²) in [6.45, 7) is 0.498. The molecule has 1 heterocycles. The number of amides is 1. The maximum Gasteiger partial charge on any atom is 0.230 e. The Labute approximate surface area is 152 Å². The molecule has 0 spiro atoms. The van der Waals surface area contributed by atoms with Crippen LogP contribution in [0.5, 0.6) is 0 Å². The van der Waals surface area contributed by atoms with E-state index in [2.05, 4.69) is 40.6 Å². The maximum absolute atomic E-state index is 12.1. The molecule has 2 aromatic carbocycles. The summed E-state index contributed by atoms with van der Waals surface area (Å²) in [6, 6.07) is 18.4. The molecule has 0 saturated carbocycles. The predicted molar refractivity (Wildman–Crippen MR) is 105 cm³/mol. The van der Waals surface area contributed by atoms with Crippen LogP contribution >= 0.6 is 11.8 Å². The van der Waals surface area contributed by atoms with E-state index in [0.717, 1.165) is 16.3 Å². The van der Waals surface area contributed by atoms with Gasteiger partial charge in [-0.1, -0.05) is 36.4 Å². The van der Waals surface area contributed by atoms with Crippen LogP contribution in [-0.2, 0) is 11.3 Å². The van der Waals surface area contributed by atoms with Crippen molar-refractivity contribution < 1.29 is 4.79 Å². The van der Waals surface area contributed by atoms with E-state index in [1.807, 2.05) is 43.3 Å². The minimum atomic E-state index is 0.0230. The molecule has 0 aliphatic rings. The average molecular weight is 351 g/mol. The standard InChI is InChI=1S/C20H21N3OS/c1-23(2)19-10-7-15(12-21-19)13-22-20(24)14-25-18-9-8-16-5-3-4-6-17(16)11-18/h3-12H,13-14H2,1-2H3,(H,22,24). The maximum atomic E-state index is 12.1. The van der Waals surface area contributed by atoms with Crippen LogP contribution in [0.25, 0.3) is 10.8 Å². The molecule has 0 aliphatic carbocycles. The number of nitrogens with zero attached hydrogens (tertiary/aromatic N) is 2. The molecular formula is C20H21N3OS. The second-order valence-corrected chi connectivity index (χ2v) is 7.04. The van der Waals surface area contributed by atoms with Crippen molar-refractivity contribution in [1.82, 2.24) is 10.3 Å². The van der Waals surface area contributed by atoms with Crippen LogP contribution in [0, 0.1) is 0 Å². The van der Waals surface area contributed by atoms with Gasteiger partial charge >= 0.3 is 0 Å². The highest BCUT2D eigenvalue weighted by molar-refractivity contribution is 8.00. The average Bonchev–Trinajstić information content (AvgIpc) is 2.65. The van der Waals surface area contributed by atoms with Crippen molar-refractivity contribution in [3.63, 3.8) is 0 Å². The quantitative estimate of drug-likeness (QED) is 0.688. The second-order valence-electron chi connectivity index (χ2n) is 5.99. The number of hydrogen-bond donors (Lipinski definition) is 1. The molecule has 0 radical (unpaired) electrons. The van der Waals surface area contributed by atoms with Gasteiger partial charge in [-0.15, -0.1) is 11.8 Å². The van der Waals surface area contributed by atoms with Gasteiger partial charge in [0.05, 0.1) is 5.75 Å². The number of benzene rings is 2. The molecule has 0 atom stereocenters. The Kier molecular flexibility index (Phi) is 5.56. The first-order chi connectivity index (χ1) is 12.1. The van der Waals surface area contributed by atoms with Gasteiger partial charge in [0, 0.05) is 31.7 Å². The van der Waals surface area contributed by atoms with Crippen molar-refractivity contribution in [2.75, 3.05) is 24.7 Å². The van der Waals surface area contributed by atoms with E-state index in [4.69, 9.17) is 0 Å². The Balaban J connectivity index is 1.50. The second kappa shape index (κ2) is 8.03. The number of pyridine rings is 1. The zero-order valence-corrected chi connectivity index (χ0v) is 15.2. The topological polar surface area (TPSA) is 45.2 Å². The van der Waals surface area contributed by atoms with Crippen molar-refractivity contribution in [3.8, 4) is 0 Å². The highest BCUT2D eigenvalue weighted by Crippen LogP contribution is 2.23. The number of nitrogens with one attached hydrogen (secondary N) is 1. The van der Waals surface area contributed by atoms with Crippen molar-refractivity contribution in [2.24, 2.45) is 0 Å². The SMILES string of the molecule is CN(C)c1ccc(CNC(=O)CSc2ccc3ccccc3c2)cn1. The summed E-state index contributed by atoms with van der Waals surface area (Å²) < 4.78 is 0. The highest BCUT2D eigenvalue weighted by atomic mass is 32.2. The molecule has 1 aromatic heterocycles. The Morgan fingerprint density at radius 2 is 1.88 bits per heavy atom. The highest BCUT2D eigenvalue weighted by Gasteiger charge is 2.05. The van der Waals surface area contributed by atoms with Crippen LogP contribution in [0.4, 0.5) is 5.82 Å². The van der Waals surface area contributed by atoms with Gasteiger partial charge in [-0.25, -0.2) is 4.98 Å². The molecule has 0 bridgehead atoms. The zero-order chi connectivity index (χ0) is 17.6. The fraction of sp³-hybridized carbons (Fsp3) is 0.200. The molecule has 128 valence electrons. The van der Waals surface area contributed by atoms with Crippen molar-refractivity contribution >= 4 is 34.3 Å². The first kappa shape index (κ1) is 17.3. The molecule has 4 nitrogen and oxygen atoms in total. The van der Waals surface area contributed by atoms with Gasteiger partial charge in [-0.2, -0.15) is 0 Å². The predicted octanol–water partition coefficient (Wildman–Crippen LogP) is 3.71. The number of rotatable bonds is 6. The fourth-order valence-electron chi connectivity index (χ4n) is 2.44. The van der Waals surface area contributed by atoms with Gasteiger partial charge in [0.1, 0.15) is 5.82 Å². The first-order valence-corrected chi connectivity index (χ1v) is 9.11. The molecule has 1 amide bonds. The van der Waals surface area contributed by atoms with Crippen molar-refractivity contribution in [3.05, 3.63) is 66.4 Å². The molecule has 0 unspecified atom stereocenters. The largest absolute Gasteiger partial charge is 0.363 e. The summed E-state index contributed by atoms with van der Waals surface area (Å²) >= 11 is 1.55. The summed E-state index contributed by atoms with van der Waals surface area (Å²) in [4.78, 5) is 19.5. The van der Waals surface area contributed by atoms with Gasteiger partial charge in [0.15, 0.2) is 0 Å². The van der Waals surface area contributed by atoms with Crippen LogP contribution in [0.2, 0.25) is 0 Å². The summed E-state index contributed by atoms with van der Waals surface area (Å²) in [7, 11) is 3.90. The minimum Gasteiger partial charge on any atom is -0.363 e. The summed E-state index contributed by atoms with van der Waals surface area (Å²) in [6.07, 6.45) is 1.80. The van der Waals surface area contributed by atoms with Gasteiger partial charge in [-0.05, 0) is 34.5 Å². The Morgan fingerprint density at radius 1 is 1.08 bits per heavy atom. The lowest BCUT2D eigenvalue weighted by Gasteiger charge is -2.11. The molecule has 1 N–H and O–H groups in total. The molecule has 0 fully saturated rings. The van der Waals surface area contributed by atoms with Crippen LogP contribution in [-0.4, -0.2) is 30.7 Å². The number of thioether (sulfide) groups is 1. The molecule has 3 aromatic rings. The van der Waals surface area contributed by atoms with Gasteiger partial charge in [0.2, 0.25) is 5.91 Å². The lowest BCUT2D eigenvalue weighted by molar-refractivity contribution is -0.118. The molecule has 5 heteroatoms. The van der Waals surface area contributed by atoms with E-state index in [9.17, 15) is 4.79 Å². The molecule has 25 heavy (non-hydrogen) atoms. The zero-order valence-electron chi connectivity index (χ0n) is 14.4.